The summed E-state index contributed by atoms with van der Waals surface area (Å²) in [6.07, 6.45) is 1.01. The molecule has 0 aliphatic carbocycles. The molecule has 0 aliphatic heterocycles. The average molecular weight is 325 g/mol. The maximum absolute atomic E-state index is 4.32. The van der Waals surface area contributed by atoms with Gasteiger partial charge in [0, 0.05) is 37.2 Å². The summed E-state index contributed by atoms with van der Waals surface area (Å²) in [5.41, 5.74) is 4.99. The van der Waals surface area contributed by atoms with Crippen LogP contribution in [0.25, 0.3) is 10.9 Å². The zero-order valence-electron chi connectivity index (χ0n) is 14.5. The summed E-state index contributed by atoms with van der Waals surface area (Å²) in [6.45, 7) is 4.98. The smallest absolute Gasteiger partial charge is 0.229 e. The minimum atomic E-state index is 0.529. The van der Waals surface area contributed by atoms with Crippen molar-refractivity contribution in [2.24, 2.45) is 0 Å². The fourth-order valence-corrected chi connectivity index (χ4v) is 2.75. The second-order valence-corrected chi connectivity index (χ2v) is 5.62. The van der Waals surface area contributed by atoms with Gasteiger partial charge in [-0.1, -0.05) is 13.0 Å². The number of anilines is 3. The van der Waals surface area contributed by atoms with E-state index in [1.54, 1.807) is 14.1 Å². The number of hydrogen-bond donors (Lipinski definition) is 4. The van der Waals surface area contributed by atoms with Crippen molar-refractivity contribution in [1.82, 2.24) is 19.9 Å². The Morgan fingerprint density at radius 2 is 1.67 bits per heavy atom. The highest BCUT2D eigenvalue weighted by Crippen LogP contribution is 2.23. The molecule has 0 amide bonds. The van der Waals surface area contributed by atoms with Crippen LogP contribution in [-0.4, -0.2) is 34.0 Å². The minimum absolute atomic E-state index is 0.529. The van der Waals surface area contributed by atoms with Crippen molar-refractivity contribution in [2.75, 3.05) is 30.0 Å². The molecule has 0 saturated heterocycles. The van der Waals surface area contributed by atoms with Gasteiger partial charge >= 0.3 is 0 Å². The van der Waals surface area contributed by atoms with Crippen LogP contribution < -0.4 is 16.0 Å². The topological polar surface area (TPSA) is 90.5 Å². The molecule has 7 heteroatoms. The van der Waals surface area contributed by atoms with E-state index in [0.717, 1.165) is 6.42 Å². The lowest BCUT2D eigenvalue weighted by Gasteiger charge is -2.08. The van der Waals surface area contributed by atoms with Gasteiger partial charge in [-0.3, -0.25) is 0 Å². The van der Waals surface area contributed by atoms with Crippen molar-refractivity contribution in [3.8, 4) is 0 Å². The van der Waals surface area contributed by atoms with Crippen LogP contribution in [0.1, 0.15) is 23.7 Å². The molecular weight excluding hydrogens is 302 g/mol. The number of nitrogens with zero attached hydrogens (tertiary/aromatic N) is 3. The number of aromatic amines is 1. The number of aryl methyl sites for hydroxylation is 2. The molecule has 0 aliphatic rings. The molecule has 0 spiro atoms. The maximum Gasteiger partial charge on any atom is 0.229 e. The fraction of sp³-hybridized carbons (Fsp3) is 0.353. The van der Waals surface area contributed by atoms with E-state index in [1.807, 2.05) is 0 Å². The third-order valence-electron chi connectivity index (χ3n) is 4.11. The molecule has 2 aromatic heterocycles. The van der Waals surface area contributed by atoms with Gasteiger partial charge in [-0.25, -0.2) is 0 Å². The molecule has 0 fully saturated rings. The summed E-state index contributed by atoms with van der Waals surface area (Å²) in [4.78, 5) is 16.3. The van der Waals surface area contributed by atoms with Crippen molar-refractivity contribution in [3.05, 3.63) is 35.0 Å². The maximum atomic E-state index is 4.32. The molecule has 0 unspecified atom stereocenters. The van der Waals surface area contributed by atoms with Crippen LogP contribution in [-0.2, 0) is 13.0 Å². The Labute approximate surface area is 141 Å². The van der Waals surface area contributed by atoms with E-state index in [2.05, 4.69) is 67.9 Å². The molecule has 4 N–H and O–H groups in total. The number of hydrogen-bond acceptors (Lipinski definition) is 6. The SMILES string of the molecule is CCc1[nH]c2ccc(CNc3nc(NC)nc(NC)n3)cc2c1C. The standard InChI is InChI=1S/C17H23N7/c1-5-13-10(2)12-8-11(6-7-14(12)21-13)9-20-17-23-15(18-3)22-16(19-4)24-17/h6-8,21H,5,9H2,1-4H3,(H3,18,19,20,22,23,24). The summed E-state index contributed by atoms with van der Waals surface area (Å²) >= 11 is 0. The number of H-pyrrole nitrogens is 1. The molecule has 3 rings (SSSR count). The van der Waals surface area contributed by atoms with Gasteiger partial charge in [0.05, 0.1) is 0 Å². The van der Waals surface area contributed by atoms with Crippen LogP contribution in [0.2, 0.25) is 0 Å². The number of aromatic nitrogens is 4. The summed E-state index contributed by atoms with van der Waals surface area (Å²) < 4.78 is 0. The molecule has 2 heterocycles. The van der Waals surface area contributed by atoms with Crippen molar-refractivity contribution in [1.29, 1.82) is 0 Å². The van der Waals surface area contributed by atoms with E-state index in [1.165, 1.54) is 27.7 Å². The zero-order valence-corrected chi connectivity index (χ0v) is 14.5. The monoisotopic (exact) mass is 325 g/mol. The van der Waals surface area contributed by atoms with Crippen LogP contribution in [0, 0.1) is 6.92 Å². The molecule has 0 bridgehead atoms. The van der Waals surface area contributed by atoms with Crippen molar-refractivity contribution < 1.29 is 0 Å². The van der Waals surface area contributed by atoms with Crippen LogP contribution in [0.5, 0.6) is 0 Å². The lowest BCUT2D eigenvalue weighted by atomic mass is 10.1. The zero-order chi connectivity index (χ0) is 17.1. The third-order valence-corrected chi connectivity index (χ3v) is 4.11. The van der Waals surface area contributed by atoms with E-state index >= 15 is 0 Å². The lowest BCUT2D eigenvalue weighted by molar-refractivity contribution is 1.00. The minimum Gasteiger partial charge on any atom is -0.358 e. The Morgan fingerprint density at radius 1 is 1.00 bits per heavy atom. The first-order valence-electron chi connectivity index (χ1n) is 8.10. The van der Waals surface area contributed by atoms with Crippen molar-refractivity contribution >= 4 is 28.7 Å². The summed E-state index contributed by atoms with van der Waals surface area (Å²) in [7, 11) is 3.57. The molecule has 7 nitrogen and oxygen atoms in total. The number of nitrogens with one attached hydrogen (secondary N) is 4. The summed E-state index contributed by atoms with van der Waals surface area (Å²) in [5, 5.41) is 10.4. The summed E-state index contributed by atoms with van der Waals surface area (Å²) in [5.74, 6) is 1.60. The first-order chi connectivity index (χ1) is 11.6. The second kappa shape index (κ2) is 6.74. The highest BCUT2D eigenvalue weighted by atomic mass is 15.3. The molecule has 3 aromatic rings. The van der Waals surface area contributed by atoms with Crippen molar-refractivity contribution in [2.45, 2.75) is 26.8 Å². The van der Waals surface area contributed by atoms with Gasteiger partial charge in [0.2, 0.25) is 17.8 Å². The Kier molecular flexibility index (Phi) is 4.50. The Morgan fingerprint density at radius 3 is 2.29 bits per heavy atom. The van der Waals surface area contributed by atoms with Gasteiger partial charge in [-0.2, -0.15) is 15.0 Å². The van der Waals surface area contributed by atoms with Gasteiger partial charge in [0.1, 0.15) is 0 Å². The molecular formula is C17H23N7. The normalized spacial score (nSPS) is 10.8. The summed E-state index contributed by atoms with van der Waals surface area (Å²) in [6, 6.07) is 6.46. The van der Waals surface area contributed by atoms with E-state index in [4.69, 9.17) is 0 Å². The third kappa shape index (κ3) is 3.10. The number of fused-ring (bicyclic) bond motifs is 1. The van der Waals surface area contributed by atoms with Gasteiger partial charge in [-0.15, -0.1) is 0 Å². The second-order valence-electron chi connectivity index (χ2n) is 5.62. The predicted octanol–water partition coefficient (Wildman–Crippen LogP) is 2.92. The molecule has 24 heavy (non-hydrogen) atoms. The van der Waals surface area contributed by atoms with Crippen molar-refractivity contribution in [3.63, 3.8) is 0 Å². The lowest BCUT2D eigenvalue weighted by Crippen LogP contribution is -2.09. The van der Waals surface area contributed by atoms with Gasteiger partial charge in [0.25, 0.3) is 0 Å². The predicted molar refractivity (Wildman–Crippen MR) is 98.7 cm³/mol. The first kappa shape index (κ1) is 16.0. The Balaban J connectivity index is 1.81. The largest absolute Gasteiger partial charge is 0.358 e. The van der Waals surface area contributed by atoms with Crippen LogP contribution in [0.15, 0.2) is 18.2 Å². The molecule has 126 valence electrons. The molecule has 0 atom stereocenters. The van der Waals surface area contributed by atoms with Gasteiger partial charge < -0.3 is 20.9 Å². The number of rotatable bonds is 6. The van der Waals surface area contributed by atoms with E-state index in [-0.39, 0.29) is 0 Å². The highest BCUT2D eigenvalue weighted by Gasteiger charge is 2.08. The molecule has 0 radical (unpaired) electrons. The van der Waals surface area contributed by atoms with Crippen LogP contribution >= 0.6 is 0 Å². The van der Waals surface area contributed by atoms with Crippen LogP contribution in [0.3, 0.4) is 0 Å². The number of benzene rings is 1. The molecule has 0 saturated carbocycles. The van der Waals surface area contributed by atoms with Gasteiger partial charge in [-0.05, 0) is 36.6 Å². The Hall–Kier alpha value is -2.83. The fourth-order valence-electron chi connectivity index (χ4n) is 2.75. The van der Waals surface area contributed by atoms with E-state index < -0.39 is 0 Å². The van der Waals surface area contributed by atoms with E-state index in [0.29, 0.717) is 24.4 Å². The van der Waals surface area contributed by atoms with Gasteiger partial charge in [0.15, 0.2) is 0 Å². The quantitative estimate of drug-likeness (QED) is 0.557. The Bertz CT molecular complexity index is 831. The average Bonchev–Trinajstić information content (AvgIpc) is 2.95. The molecule has 1 aromatic carbocycles. The first-order valence-corrected chi connectivity index (χ1v) is 8.10. The highest BCUT2D eigenvalue weighted by molar-refractivity contribution is 5.85. The van der Waals surface area contributed by atoms with Crippen LogP contribution in [0.4, 0.5) is 17.8 Å². The van der Waals surface area contributed by atoms with E-state index in [9.17, 15) is 0 Å².